The molecule has 3 heterocycles. The molecule has 3 rings (SSSR count). The smallest absolute Gasteiger partial charge is 0.248 e. The van der Waals surface area contributed by atoms with E-state index in [-0.39, 0.29) is 24.0 Å². The van der Waals surface area contributed by atoms with Crippen molar-refractivity contribution in [3.05, 3.63) is 17.8 Å². The van der Waals surface area contributed by atoms with Crippen LogP contribution in [0, 0.1) is 12.3 Å². The quantitative estimate of drug-likeness (QED) is 0.798. The number of anilines is 1. The van der Waals surface area contributed by atoms with Gasteiger partial charge in [0.2, 0.25) is 5.91 Å². The predicted molar refractivity (Wildman–Crippen MR) is 94.5 cm³/mol. The summed E-state index contributed by atoms with van der Waals surface area (Å²) in [4.78, 5) is 15.6. The van der Waals surface area contributed by atoms with Crippen molar-refractivity contribution in [1.82, 2.24) is 15.1 Å². The molecule has 0 aliphatic carbocycles. The van der Waals surface area contributed by atoms with E-state index in [0.717, 1.165) is 50.5 Å². The Morgan fingerprint density at radius 1 is 1.44 bits per heavy atom. The minimum Gasteiger partial charge on any atom is -0.377 e. The summed E-state index contributed by atoms with van der Waals surface area (Å²) < 4.78 is 11.9. The molecule has 0 bridgehead atoms. The Bertz CT molecular complexity index is 592. The third kappa shape index (κ3) is 4.10. The standard InChI is InChI=1S/C18H28N4O3/c1-14-5-6-16(20-19-14)22-9-7-15-18(12-22,8-4-10-25-15)13-24-11-17(23)21(2)3/h5-6,15H,4,7-13H2,1-3H3. The number of hydrogen-bond acceptors (Lipinski definition) is 6. The van der Waals surface area contributed by atoms with Gasteiger partial charge in [0.25, 0.3) is 0 Å². The van der Waals surface area contributed by atoms with Crippen LogP contribution in [-0.2, 0) is 14.3 Å². The van der Waals surface area contributed by atoms with Crippen LogP contribution in [0.15, 0.2) is 12.1 Å². The Labute approximate surface area is 149 Å². The Hall–Kier alpha value is -1.73. The van der Waals surface area contributed by atoms with Crippen LogP contribution in [0.4, 0.5) is 5.82 Å². The lowest BCUT2D eigenvalue weighted by Gasteiger charge is -2.50. The van der Waals surface area contributed by atoms with E-state index in [9.17, 15) is 4.79 Å². The van der Waals surface area contributed by atoms with Crippen molar-refractivity contribution >= 4 is 11.7 Å². The number of amides is 1. The van der Waals surface area contributed by atoms with Gasteiger partial charge < -0.3 is 19.3 Å². The number of aromatic nitrogens is 2. The molecule has 1 aromatic rings. The zero-order valence-corrected chi connectivity index (χ0v) is 15.4. The molecule has 1 aromatic heterocycles. The number of rotatable bonds is 5. The maximum atomic E-state index is 11.8. The van der Waals surface area contributed by atoms with Gasteiger partial charge in [-0.1, -0.05) is 0 Å². The fraction of sp³-hybridized carbons (Fsp3) is 0.722. The van der Waals surface area contributed by atoms with Crippen LogP contribution in [0.2, 0.25) is 0 Å². The van der Waals surface area contributed by atoms with E-state index in [1.807, 2.05) is 19.1 Å². The minimum absolute atomic E-state index is 0.0123. The van der Waals surface area contributed by atoms with Crippen molar-refractivity contribution in [2.24, 2.45) is 5.41 Å². The van der Waals surface area contributed by atoms with E-state index >= 15 is 0 Å². The van der Waals surface area contributed by atoms with E-state index < -0.39 is 0 Å². The lowest BCUT2D eigenvalue weighted by atomic mass is 9.73. The lowest BCUT2D eigenvalue weighted by molar-refractivity contribution is -0.144. The van der Waals surface area contributed by atoms with Crippen molar-refractivity contribution in [1.29, 1.82) is 0 Å². The summed E-state index contributed by atoms with van der Waals surface area (Å²) in [6.07, 6.45) is 3.20. The molecule has 25 heavy (non-hydrogen) atoms. The molecular formula is C18H28N4O3. The van der Waals surface area contributed by atoms with E-state index in [0.29, 0.717) is 6.61 Å². The Morgan fingerprint density at radius 2 is 2.28 bits per heavy atom. The molecule has 2 saturated heterocycles. The van der Waals surface area contributed by atoms with Gasteiger partial charge >= 0.3 is 0 Å². The number of aryl methyl sites for hydroxylation is 1. The van der Waals surface area contributed by atoms with Gasteiger partial charge in [0.15, 0.2) is 5.82 Å². The number of piperidine rings is 1. The highest BCUT2D eigenvalue weighted by Crippen LogP contribution is 2.41. The van der Waals surface area contributed by atoms with Crippen LogP contribution >= 0.6 is 0 Å². The number of hydrogen-bond donors (Lipinski definition) is 0. The van der Waals surface area contributed by atoms with Crippen molar-refractivity contribution < 1.29 is 14.3 Å². The van der Waals surface area contributed by atoms with Gasteiger partial charge in [-0.3, -0.25) is 4.79 Å². The first kappa shape index (κ1) is 18.1. The number of fused-ring (bicyclic) bond motifs is 1. The molecule has 0 spiro atoms. The molecule has 2 fully saturated rings. The summed E-state index contributed by atoms with van der Waals surface area (Å²) in [6.45, 7) is 5.13. The first-order valence-electron chi connectivity index (χ1n) is 8.95. The van der Waals surface area contributed by atoms with Gasteiger partial charge in [-0.15, -0.1) is 5.10 Å². The van der Waals surface area contributed by atoms with E-state index in [1.165, 1.54) is 0 Å². The highest BCUT2D eigenvalue weighted by Gasteiger charge is 2.46. The summed E-state index contributed by atoms with van der Waals surface area (Å²) in [5.41, 5.74) is 0.829. The highest BCUT2D eigenvalue weighted by atomic mass is 16.5. The van der Waals surface area contributed by atoms with Crippen LogP contribution < -0.4 is 4.90 Å². The zero-order valence-electron chi connectivity index (χ0n) is 15.4. The second kappa shape index (κ2) is 7.66. The molecule has 2 aliphatic heterocycles. The second-order valence-corrected chi connectivity index (χ2v) is 7.35. The molecule has 7 nitrogen and oxygen atoms in total. The zero-order chi connectivity index (χ0) is 17.9. The van der Waals surface area contributed by atoms with Gasteiger partial charge in [0, 0.05) is 39.2 Å². The molecule has 7 heteroatoms. The largest absolute Gasteiger partial charge is 0.377 e. The molecule has 0 saturated carbocycles. The SMILES string of the molecule is Cc1ccc(N2CCC3OCCCC3(COCC(=O)N(C)C)C2)nn1. The summed E-state index contributed by atoms with van der Waals surface area (Å²) in [7, 11) is 3.49. The van der Waals surface area contributed by atoms with E-state index in [2.05, 4.69) is 15.1 Å². The normalized spacial score (nSPS) is 26.2. The molecule has 0 radical (unpaired) electrons. The van der Waals surface area contributed by atoms with E-state index in [1.54, 1.807) is 19.0 Å². The maximum Gasteiger partial charge on any atom is 0.248 e. The van der Waals surface area contributed by atoms with Gasteiger partial charge in [0.1, 0.15) is 6.61 Å². The highest BCUT2D eigenvalue weighted by molar-refractivity contribution is 5.76. The van der Waals surface area contributed by atoms with Crippen molar-refractivity contribution in [2.75, 3.05) is 51.9 Å². The summed E-state index contributed by atoms with van der Waals surface area (Å²) in [5.74, 6) is 0.889. The third-order valence-electron chi connectivity index (χ3n) is 5.21. The topological polar surface area (TPSA) is 67.8 Å². The van der Waals surface area contributed by atoms with Crippen molar-refractivity contribution in [3.63, 3.8) is 0 Å². The number of nitrogens with zero attached hydrogens (tertiary/aromatic N) is 4. The molecule has 138 valence electrons. The van der Waals surface area contributed by atoms with Gasteiger partial charge in [-0.25, -0.2) is 0 Å². The van der Waals surface area contributed by atoms with E-state index in [4.69, 9.17) is 9.47 Å². The first-order valence-corrected chi connectivity index (χ1v) is 8.95. The Kier molecular flexibility index (Phi) is 5.54. The molecule has 0 N–H and O–H groups in total. The van der Waals surface area contributed by atoms with Gasteiger partial charge in [0.05, 0.1) is 18.4 Å². The average Bonchev–Trinajstić information content (AvgIpc) is 2.61. The van der Waals surface area contributed by atoms with Crippen LogP contribution in [0.3, 0.4) is 0 Å². The summed E-state index contributed by atoms with van der Waals surface area (Å²) >= 11 is 0. The minimum atomic E-state index is -0.0876. The number of carbonyl (C=O) groups is 1. The third-order valence-corrected chi connectivity index (χ3v) is 5.21. The molecule has 1 amide bonds. The number of carbonyl (C=O) groups excluding carboxylic acids is 1. The van der Waals surface area contributed by atoms with Crippen LogP contribution in [-0.4, -0.2) is 74.1 Å². The Morgan fingerprint density at radius 3 is 3.00 bits per heavy atom. The Balaban J connectivity index is 1.70. The summed E-state index contributed by atoms with van der Waals surface area (Å²) in [5, 5.41) is 8.52. The summed E-state index contributed by atoms with van der Waals surface area (Å²) in [6, 6.07) is 4.02. The fourth-order valence-corrected chi connectivity index (χ4v) is 3.73. The van der Waals surface area contributed by atoms with Gasteiger partial charge in [-0.2, -0.15) is 5.10 Å². The van der Waals surface area contributed by atoms with Crippen LogP contribution in [0.5, 0.6) is 0 Å². The fourth-order valence-electron chi connectivity index (χ4n) is 3.73. The second-order valence-electron chi connectivity index (χ2n) is 7.35. The monoisotopic (exact) mass is 348 g/mol. The van der Waals surface area contributed by atoms with Crippen LogP contribution in [0.25, 0.3) is 0 Å². The maximum absolute atomic E-state index is 11.8. The van der Waals surface area contributed by atoms with Crippen molar-refractivity contribution in [2.45, 2.75) is 32.3 Å². The number of ether oxygens (including phenoxy) is 2. The molecule has 0 aromatic carbocycles. The van der Waals surface area contributed by atoms with Crippen molar-refractivity contribution in [3.8, 4) is 0 Å². The molecular weight excluding hydrogens is 320 g/mol. The first-order chi connectivity index (χ1) is 12.0. The predicted octanol–water partition coefficient (Wildman–Crippen LogP) is 1.27. The average molecular weight is 348 g/mol. The van der Waals surface area contributed by atoms with Gasteiger partial charge in [-0.05, 0) is 38.3 Å². The van der Waals surface area contributed by atoms with Crippen LogP contribution in [0.1, 0.15) is 25.0 Å². The molecule has 2 atom stereocenters. The number of likely N-dealkylation sites (N-methyl/N-ethyl adjacent to an activating group) is 1. The molecule has 2 aliphatic rings. The molecule has 2 unspecified atom stereocenters. The lowest BCUT2D eigenvalue weighted by Crippen LogP contribution is -2.57.